The van der Waals surface area contributed by atoms with Gasteiger partial charge in [-0.2, -0.15) is 4.31 Å². The molecule has 2 aromatic heterocycles. The highest BCUT2D eigenvalue weighted by Crippen LogP contribution is 2.61. The maximum absolute atomic E-state index is 12.7. The summed E-state index contributed by atoms with van der Waals surface area (Å²) >= 11 is 1.03. The van der Waals surface area contributed by atoms with Crippen LogP contribution in [-0.2, 0) is 50.7 Å². The van der Waals surface area contributed by atoms with Gasteiger partial charge < -0.3 is 50.9 Å². The number of anilines is 1. The monoisotopic (exact) mass is 1020 g/mol. The zero-order valence-corrected chi connectivity index (χ0v) is 40.6. The number of unbranched alkanes of at least 4 members (excludes halogenated alkanes) is 1. The molecule has 1 aliphatic rings. The average Bonchev–Trinajstić information content (AvgIpc) is 3.81. The topological polar surface area (TPSA) is 364 Å². The molecular weight excluding hydrogens is 963 g/mol. The van der Waals surface area contributed by atoms with E-state index in [9.17, 15) is 57.9 Å². The van der Waals surface area contributed by atoms with Crippen molar-refractivity contribution in [1.82, 2.24) is 30.2 Å². The minimum atomic E-state index is -5.58. The minimum absolute atomic E-state index is 0.0289. The second kappa shape index (κ2) is 28.1. The Kier molecular flexibility index (Phi) is 24.1. The van der Waals surface area contributed by atoms with Gasteiger partial charge in [-0.3, -0.25) is 32.5 Å². The molecule has 2 aromatic rings. The lowest BCUT2D eigenvalue weighted by atomic mass is 9.87. The number of carbonyl (C=O) groups excluding carboxylic acids is 3. The molecule has 1 aliphatic heterocycles. The first-order chi connectivity index (χ1) is 31.6. The first-order valence-electron chi connectivity index (χ1n) is 20.9. The van der Waals surface area contributed by atoms with E-state index < -0.39 is 84.6 Å². The summed E-state index contributed by atoms with van der Waals surface area (Å²) in [6, 6.07) is 0. The van der Waals surface area contributed by atoms with Gasteiger partial charge >= 0.3 is 23.5 Å². The predicted molar refractivity (Wildman–Crippen MR) is 246 cm³/mol. The Morgan fingerprint density at radius 3 is 2.19 bits per heavy atom. The van der Waals surface area contributed by atoms with Crippen LogP contribution < -0.4 is 16.4 Å². The highest BCUT2D eigenvalue weighted by atomic mass is 32.2. The fourth-order valence-corrected chi connectivity index (χ4v) is 9.23. The second-order valence-corrected chi connectivity index (χ2v) is 20.6. The van der Waals surface area contributed by atoms with Crippen LogP contribution in [0.4, 0.5) is 5.82 Å². The Balaban J connectivity index is 1.34. The molecule has 0 spiro atoms. The highest BCUT2D eigenvalue weighted by molar-refractivity contribution is 8.14. The molecule has 0 saturated carbocycles. The van der Waals surface area contributed by atoms with Gasteiger partial charge in [0.25, 0.3) is 0 Å². The SMILES string of the molecule is CC/C=C\C/C=C\C/C=C\C/C=C\CC/C=C/C(=O)SCCNC(=O)CCNC(=O)[C@H](O)C(C)(C)COP(=O)(O)OP(=O)(O)OC[C@H]1O[C@@H](n2cnc3c(N)ncnc32)[C@H](O)[C@@H]1OP(=O)(O)O. The molecule has 1 saturated heterocycles. The van der Waals surface area contributed by atoms with Gasteiger partial charge in [-0.1, -0.05) is 87.2 Å². The number of thioether (sulfide) groups is 1. The number of amides is 2. The first kappa shape index (κ1) is 57.6. The Labute approximate surface area is 391 Å². The lowest BCUT2D eigenvalue weighted by Crippen LogP contribution is -2.46. The van der Waals surface area contributed by atoms with E-state index in [0.29, 0.717) is 12.2 Å². The van der Waals surface area contributed by atoms with E-state index in [2.05, 4.69) is 90.0 Å². The molecule has 1 fully saturated rings. The third-order valence-electron chi connectivity index (χ3n) is 9.22. The van der Waals surface area contributed by atoms with E-state index in [0.717, 1.165) is 61.1 Å². The summed E-state index contributed by atoms with van der Waals surface area (Å²) in [5.41, 5.74) is 4.26. The third-order valence-corrected chi connectivity index (χ3v) is 13.1. The molecule has 0 bridgehead atoms. The van der Waals surface area contributed by atoms with Crippen LogP contribution in [0.25, 0.3) is 11.2 Å². The van der Waals surface area contributed by atoms with Gasteiger partial charge in [0.1, 0.15) is 36.3 Å². The van der Waals surface area contributed by atoms with Crippen molar-refractivity contribution in [1.29, 1.82) is 0 Å². The quantitative estimate of drug-likeness (QED) is 0.0232. The molecule has 2 amide bonds. The van der Waals surface area contributed by atoms with E-state index in [1.54, 1.807) is 6.08 Å². The Hall–Kier alpha value is -3.74. The molecule has 7 atom stereocenters. The lowest BCUT2D eigenvalue weighted by molar-refractivity contribution is -0.137. The summed E-state index contributed by atoms with van der Waals surface area (Å²) in [6.45, 7) is 2.56. The van der Waals surface area contributed by atoms with Gasteiger partial charge in [0.05, 0.1) is 19.5 Å². The Morgan fingerprint density at radius 1 is 0.910 bits per heavy atom. The summed E-state index contributed by atoms with van der Waals surface area (Å²) in [4.78, 5) is 88.2. The van der Waals surface area contributed by atoms with E-state index in [-0.39, 0.29) is 41.6 Å². The van der Waals surface area contributed by atoms with Crippen LogP contribution in [0.2, 0.25) is 0 Å². The number of rotatable bonds is 30. The third kappa shape index (κ3) is 21.2. The molecule has 24 nitrogen and oxygen atoms in total. The van der Waals surface area contributed by atoms with E-state index >= 15 is 0 Å². The normalized spacial score (nSPS) is 20.7. The molecule has 374 valence electrons. The van der Waals surface area contributed by atoms with Crippen LogP contribution in [0.1, 0.15) is 71.9 Å². The summed E-state index contributed by atoms with van der Waals surface area (Å²) in [6.07, 6.45) is 18.5. The van der Waals surface area contributed by atoms with Gasteiger partial charge in [-0.25, -0.2) is 28.6 Å². The number of phosphoric ester groups is 3. The molecule has 10 N–H and O–H groups in total. The van der Waals surface area contributed by atoms with Crippen LogP contribution in [-0.4, -0.2) is 123 Å². The first-order valence-corrected chi connectivity index (χ1v) is 26.4. The van der Waals surface area contributed by atoms with Crippen LogP contribution in [0, 0.1) is 5.41 Å². The van der Waals surface area contributed by atoms with Gasteiger partial charge in [0.15, 0.2) is 17.7 Å². The predicted octanol–water partition coefficient (Wildman–Crippen LogP) is 3.81. The minimum Gasteiger partial charge on any atom is -0.386 e. The maximum atomic E-state index is 12.7. The molecule has 0 radical (unpaired) electrons. The molecule has 0 aromatic carbocycles. The molecule has 67 heavy (non-hydrogen) atoms. The number of nitrogens with one attached hydrogen (secondary N) is 2. The summed E-state index contributed by atoms with van der Waals surface area (Å²) in [5.74, 6) is -1.16. The van der Waals surface area contributed by atoms with Crippen molar-refractivity contribution in [2.24, 2.45) is 5.41 Å². The molecule has 3 rings (SSSR count). The van der Waals surface area contributed by atoms with Crippen molar-refractivity contribution in [2.75, 3.05) is 37.8 Å². The van der Waals surface area contributed by atoms with Crippen LogP contribution >= 0.6 is 35.2 Å². The van der Waals surface area contributed by atoms with Crippen molar-refractivity contribution < 1.29 is 80.5 Å². The Bertz CT molecular complexity index is 2230. The zero-order valence-electron chi connectivity index (χ0n) is 37.1. The number of nitrogens with two attached hydrogens (primary N) is 1. The number of allylic oxidation sites excluding steroid dienone is 9. The van der Waals surface area contributed by atoms with Crippen molar-refractivity contribution in [3.8, 4) is 0 Å². The van der Waals surface area contributed by atoms with Crippen LogP contribution in [0.5, 0.6) is 0 Å². The van der Waals surface area contributed by atoms with Crippen molar-refractivity contribution in [3.63, 3.8) is 0 Å². The maximum Gasteiger partial charge on any atom is 0.481 e. The number of nitrogen functional groups attached to an aromatic ring is 1. The molecular formula is C39H60N7O17P3S. The summed E-state index contributed by atoms with van der Waals surface area (Å²) < 4.78 is 62.4. The van der Waals surface area contributed by atoms with Crippen LogP contribution in [0.3, 0.4) is 0 Å². The van der Waals surface area contributed by atoms with Gasteiger partial charge in [-0.05, 0) is 44.6 Å². The molecule has 2 unspecified atom stereocenters. The number of fused-ring (bicyclic) bond motifs is 1. The summed E-state index contributed by atoms with van der Waals surface area (Å²) in [5, 5.41) is 26.4. The average molecular weight is 1020 g/mol. The number of ether oxygens (including phenoxy) is 1. The number of aromatic nitrogens is 4. The van der Waals surface area contributed by atoms with E-state index in [4.69, 9.17) is 19.5 Å². The number of hydrogen-bond acceptors (Lipinski definition) is 18. The standard InChI is InChI=1S/C39H60N7O17P3S/c1-4-5-6-7-8-9-10-11-12-13-14-15-16-17-18-19-30(48)67-23-22-41-29(47)20-21-42-37(51)34(50)39(2,3)25-60-66(57,58)63-65(55,56)59-24-28-33(62-64(52,53)54)32(49)38(61-28)46-27-45-31-35(40)43-26-44-36(31)46/h5-6,8-9,11-12,14-15,18-19,26-28,32-34,38,49-50H,4,7,10,13,16-17,20-25H2,1-3H3,(H,41,47)(H,42,51)(H,55,56)(H,57,58)(H2,40,43,44)(H2,52,53,54)/b6-5-,9-8-,12-11-,15-14-,19-18+/t28-,32-,33-,34+,38-/m1/s1. The Morgan fingerprint density at radius 2 is 1.54 bits per heavy atom. The molecule has 28 heteroatoms. The number of imidazole rings is 1. The van der Waals surface area contributed by atoms with Crippen molar-refractivity contribution >= 4 is 69.1 Å². The van der Waals surface area contributed by atoms with Crippen molar-refractivity contribution in [3.05, 3.63) is 73.4 Å². The number of aliphatic hydroxyl groups excluding tert-OH is 2. The zero-order chi connectivity index (χ0) is 49.7. The van der Waals surface area contributed by atoms with Crippen molar-refractivity contribution in [2.45, 2.75) is 96.4 Å². The molecule has 0 aliphatic carbocycles. The number of phosphoric acid groups is 3. The molecule has 3 heterocycles. The number of aliphatic hydroxyl groups is 2. The number of hydrogen-bond donors (Lipinski definition) is 9. The van der Waals surface area contributed by atoms with E-state index in [1.807, 2.05) is 0 Å². The lowest BCUT2D eigenvalue weighted by Gasteiger charge is -2.30. The summed E-state index contributed by atoms with van der Waals surface area (Å²) in [7, 11) is -16.4. The van der Waals surface area contributed by atoms with Crippen LogP contribution in [0.15, 0.2) is 73.4 Å². The fourth-order valence-electron chi connectivity index (χ4n) is 5.80. The largest absolute Gasteiger partial charge is 0.481 e. The van der Waals surface area contributed by atoms with Gasteiger partial charge in [0.2, 0.25) is 16.9 Å². The number of nitrogens with zero attached hydrogens (tertiary/aromatic N) is 4. The smallest absolute Gasteiger partial charge is 0.386 e. The highest BCUT2D eigenvalue weighted by Gasteiger charge is 2.50. The second-order valence-electron chi connectivity index (χ2n) is 15.2. The van der Waals surface area contributed by atoms with E-state index in [1.165, 1.54) is 19.9 Å². The van der Waals surface area contributed by atoms with Gasteiger partial charge in [-0.15, -0.1) is 0 Å². The van der Waals surface area contributed by atoms with Gasteiger partial charge in [0, 0.05) is 30.7 Å². The number of carbonyl (C=O) groups is 3. The fraction of sp³-hybridized carbons (Fsp3) is 0.538.